The van der Waals surface area contributed by atoms with Crippen molar-refractivity contribution < 1.29 is 4.79 Å². The van der Waals surface area contributed by atoms with Crippen LogP contribution in [0.15, 0.2) is 30.3 Å². The van der Waals surface area contributed by atoms with Gasteiger partial charge in [-0.2, -0.15) is 0 Å². The van der Waals surface area contributed by atoms with Gasteiger partial charge in [0.1, 0.15) is 0 Å². The van der Waals surface area contributed by atoms with E-state index in [1.807, 2.05) is 13.8 Å². The van der Waals surface area contributed by atoms with E-state index >= 15 is 0 Å². The van der Waals surface area contributed by atoms with Crippen LogP contribution in [0, 0.1) is 5.92 Å². The van der Waals surface area contributed by atoms with Gasteiger partial charge in [0, 0.05) is 25.2 Å². The van der Waals surface area contributed by atoms with E-state index in [0.717, 1.165) is 32.5 Å². The molecule has 0 spiro atoms. The number of likely N-dealkylation sites (tertiary alicyclic amines) is 1. The third kappa shape index (κ3) is 4.83. The second-order valence-electron chi connectivity index (χ2n) is 8.10. The number of carbonyl (C=O) groups excluding carboxylic acids is 1. The van der Waals surface area contributed by atoms with Gasteiger partial charge in [0.2, 0.25) is 5.91 Å². The molecule has 2 aliphatic rings. The first-order valence-electron chi connectivity index (χ1n) is 9.90. The van der Waals surface area contributed by atoms with Crippen LogP contribution in [0.4, 0.5) is 0 Å². The maximum absolute atomic E-state index is 12.9. The highest BCUT2D eigenvalue weighted by Gasteiger charge is 2.38. The van der Waals surface area contributed by atoms with Gasteiger partial charge in [-0.1, -0.05) is 50.6 Å². The Hall–Kier alpha value is -1.39. The molecule has 2 N–H and O–H groups in total. The monoisotopic (exact) mass is 343 g/mol. The fraction of sp³-hybridized carbons (Fsp3) is 0.667. The highest BCUT2D eigenvalue weighted by atomic mass is 16.2. The predicted molar refractivity (Wildman–Crippen MR) is 102 cm³/mol. The third-order valence-corrected chi connectivity index (χ3v) is 5.66. The van der Waals surface area contributed by atoms with E-state index in [1.54, 1.807) is 0 Å². The number of nitrogens with zero attached hydrogens (tertiary/aromatic N) is 2. The molecule has 4 heteroatoms. The molecule has 1 aromatic rings. The molecular formula is C21H33N3O. The van der Waals surface area contributed by atoms with Gasteiger partial charge in [0.05, 0.1) is 6.04 Å². The van der Waals surface area contributed by atoms with Crippen LogP contribution < -0.4 is 5.73 Å². The van der Waals surface area contributed by atoms with Crippen molar-refractivity contribution in [3.8, 4) is 0 Å². The fourth-order valence-corrected chi connectivity index (χ4v) is 3.80. The van der Waals surface area contributed by atoms with Gasteiger partial charge in [-0.25, -0.2) is 0 Å². The summed E-state index contributed by atoms with van der Waals surface area (Å²) in [5.74, 6) is 0.350. The van der Waals surface area contributed by atoms with Gasteiger partial charge in [0.15, 0.2) is 0 Å². The second-order valence-corrected chi connectivity index (χ2v) is 8.10. The van der Waals surface area contributed by atoms with Crippen LogP contribution in [0.25, 0.3) is 0 Å². The van der Waals surface area contributed by atoms with Crippen LogP contribution in [0.5, 0.6) is 0 Å². The van der Waals surface area contributed by atoms with Crippen molar-refractivity contribution in [2.75, 3.05) is 13.1 Å². The lowest BCUT2D eigenvalue weighted by atomic mass is 9.99. The van der Waals surface area contributed by atoms with E-state index in [1.165, 1.54) is 24.8 Å². The molecule has 3 rings (SSSR count). The lowest BCUT2D eigenvalue weighted by Gasteiger charge is -2.39. The van der Waals surface area contributed by atoms with Crippen molar-refractivity contribution in [1.82, 2.24) is 9.80 Å². The average Bonchev–Trinajstić information content (AvgIpc) is 3.45. The first-order valence-corrected chi connectivity index (χ1v) is 9.90. The largest absolute Gasteiger partial charge is 0.337 e. The minimum atomic E-state index is -0.369. The lowest BCUT2D eigenvalue weighted by Crippen LogP contribution is -2.53. The molecular weight excluding hydrogens is 310 g/mol. The van der Waals surface area contributed by atoms with E-state index in [4.69, 9.17) is 5.73 Å². The summed E-state index contributed by atoms with van der Waals surface area (Å²) in [5.41, 5.74) is 7.54. The number of carbonyl (C=O) groups is 1. The third-order valence-electron chi connectivity index (χ3n) is 5.66. The summed E-state index contributed by atoms with van der Waals surface area (Å²) in [4.78, 5) is 17.6. The Bertz CT molecular complexity index is 556. The number of hydrogen-bond donors (Lipinski definition) is 1. The summed E-state index contributed by atoms with van der Waals surface area (Å²) in [6, 6.07) is 11.2. The first kappa shape index (κ1) is 18.4. The van der Waals surface area contributed by atoms with Crippen molar-refractivity contribution in [3.05, 3.63) is 35.9 Å². The zero-order valence-corrected chi connectivity index (χ0v) is 15.7. The molecule has 2 atom stereocenters. The second kappa shape index (κ2) is 8.33. The zero-order valence-electron chi connectivity index (χ0n) is 15.7. The standard InChI is InChI=1S/C21H33N3O/c1-16(2)20(22)21(25)24(18-11-12-18)15-19-10-6-7-13-23(19)14-17-8-4-3-5-9-17/h3-5,8-9,16,18-20H,6-7,10-15,22H2,1-2H3. The molecule has 1 amide bonds. The van der Waals surface area contributed by atoms with E-state index in [9.17, 15) is 4.79 Å². The van der Waals surface area contributed by atoms with Crippen LogP contribution in [0.1, 0.15) is 51.5 Å². The summed E-state index contributed by atoms with van der Waals surface area (Å²) in [7, 11) is 0. The molecule has 0 aromatic heterocycles. The number of nitrogens with two attached hydrogens (primary N) is 1. The molecule has 138 valence electrons. The summed E-state index contributed by atoms with van der Waals surface area (Å²) >= 11 is 0. The molecule has 1 saturated heterocycles. The SMILES string of the molecule is CC(C)C(N)C(=O)N(CC1CCCCN1Cc1ccccc1)C1CC1. The minimum absolute atomic E-state index is 0.155. The number of piperidine rings is 1. The lowest BCUT2D eigenvalue weighted by molar-refractivity contribution is -0.135. The normalized spacial score (nSPS) is 22.8. The van der Waals surface area contributed by atoms with Crippen molar-refractivity contribution >= 4 is 5.91 Å². The molecule has 1 heterocycles. The number of benzene rings is 1. The molecule has 2 unspecified atom stereocenters. The van der Waals surface area contributed by atoms with Gasteiger partial charge in [0.25, 0.3) is 0 Å². The zero-order chi connectivity index (χ0) is 17.8. The quantitative estimate of drug-likeness (QED) is 0.828. The van der Waals surface area contributed by atoms with Gasteiger partial charge < -0.3 is 10.6 Å². The van der Waals surface area contributed by atoms with Crippen LogP contribution in [0.3, 0.4) is 0 Å². The maximum Gasteiger partial charge on any atom is 0.240 e. The van der Waals surface area contributed by atoms with Crippen molar-refractivity contribution in [1.29, 1.82) is 0 Å². The highest BCUT2D eigenvalue weighted by Crippen LogP contribution is 2.30. The van der Waals surface area contributed by atoms with Crippen molar-refractivity contribution in [2.45, 2.75) is 70.6 Å². The molecule has 1 aromatic carbocycles. The first-order chi connectivity index (χ1) is 12.1. The highest BCUT2D eigenvalue weighted by molar-refractivity contribution is 5.82. The Morgan fingerprint density at radius 3 is 2.56 bits per heavy atom. The molecule has 2 fully saturated rings. The molecule has 1 aliphatic heterocycles. The Morgan fingerprint density at radius 1 is 1.20 bits per heavy atom. The van der Waals surface area contributed by atoms with E-state index < -0.39 is 0 Å². The van der Waals surface area contributed by atoms with Gasteiger partial charge in [-0.3, -0.25) is 9.69 Å². The summed E-state index contributed by atoms with van der Waals surface area (Å²) in [6.07, 6.45) is 5.98. The molecule has 0 radical (unpaired) electrons. The average molecular weight is 344 g/mol. The number of amides is 1. The van der Waals surface area contributed by atoms with Crippen LogP contribution in [0.2, 0.25) is 0 Å². The van der Waals surface area contributed by atoms with Crippen LogP contribution >= 0.6 is 0 Å². The van der Waals surface area contributed by atoms with Crippen molar-refractivity contribution in [3.63, 3.8) is 0 Å². The molecule has 0 bridgehead atoms. The van der Waals surface area contributed by atoms with Crippen LogP contribution in [-0.2, 0) is 11.3 Å². The Kier molecular flexibility index (Phi) is 6.13. The molecule has 25 heavy (non-hydrogen) atoms. The molecule has 4 nitrogen and oxygen atoms in total. The van der Waals surface area contributed by atoms with E-state index in [-0.39, 0.29) is 17.9 Å². The van der Waals surface area contributed by atoms with Gasteiger partial charge >= 0.3 is 0 Å². The topological polar surface area (TPSA) is 49.6 Å². The smallest absolute Gasteiger partial charge is 0.240 e. The Morgan fingerprint density at radius 2 is 1.92 bits per heavy atom. The fourth-order valence-electron chi connectivity index (χ4n) is 3.80. The Balaban J connectivity index is 1.67. The number of rotatable bonds is 7. The van der Waals surface area contributed by atoms with E-state index in [0.29, 0.717) is 12.1 Å². The minimum Gasteiger partial charge on any atom is -0.337 e. The van der Waals surface area contributed by atoms with Crippen molar-refractivity contribution in [2.24, 2.45) is 11.7 Å². The van der Waals surface area contributed by atoms with Gasteiger partial charge in [-0.05, 0) is 43.7 Å². The van der Waals surface area contributed by atoms with Gasteiger partial charge in [-0.15, -0.1) is 0 Å². The summed E-state index contributed by atoms with van der Waals surface area (Å²) in [6.45, 7) is 7.03. The summed E-state index contributed by atoms with van der Waals surface area (Å²) < 4.78 is 0. The predicted octanol–water partition coefficient (Wildman–Crippen LogP) is 3.02. The molecule has 1 aliphatic carbocycles. The number of hydrogen-bond acceptors (Lipinski definition) is 3. The maximum atomic E-state index is 12.9. The van der Waals surface area contributed by atoms with E-state index in [2.05, 4.69) is 40.1 Å². The Labute approximate surface area is 152 Å². The van der Waals surface area contributed by atoms with Crippen LogP contribution in [-0.4, -0.2) is 46.9 Å². The molecule has 1 saturated carbocycles. The summed E-state index contributed by atoms with van der Waals surface area (Å²) in [5, 5.41) is 0.